The minimum atomic E-state index is -0.293. The Morgan fingerprint density at radius 1 is 0.931 bits per heavy atom. The first-order chi connectivity index (χ1) is 13.4. The number of nitrogens with zero attached hydrogens (tertiary/aromatic N) is 1. The zero-order valence-electron chi connectivity index (χ0n) is 14.8. The van der Waals surface area contributed by atoms with Crippen LogP contribution < -0.4 is 27.0 Å². The van der Waals surface area contributed by atoms with Crippen LogP contribution in [0.15, 0.2) is 60.9 Å². The largest absolute Gasteiger partial charge is 1.00 e. The van der Waals surface area contributed by atoms with E-state index in [9.17, 15) is 4.79 Å². The van der Waals surface area contributed by atoms with E-state index in [1.807, 2.05) is 35.2 Å². The normalized spacial score (nSPS) is 10.2. The van der Waals surface area contributed by atoms with E-state index in [1.54, 1.807) is 30.3 Å². The van der Waals surface area contributed by atoms with Gasteiger partial charge in [-0.25, -0.2) is 0 Å². The Bertz CT molecular complexity index is 1010. The average Bonchev–Trinajstić information content (AvgIpc) is 2.66. The molecule has 0 bridgehead atoms. The number of benzene rings is 2. The van der Waals surface area contributed by atoms with Gasteiger partial charge in [-0.15, -0.1) is 0 Å². The molecule has 0 saturated carbocycles. The van der Waals surface area contributed by atoms with Crippen LogP contribution in [-0.2, 0) is 11.3 Å². The number of aromatic nitrogens is 1. The molecule has 0 aliphatic rings. The molecular formula is C20H15Cl5N2O2. The van der Waals surface area contributed by atoms with Crippen LogP contribution in [0.25, 0.3) is 0 Å². The maximum Gasteiger partial charge on any atom is 0.262 e. The van der Waals surface area contributed by atoms with Crippen molar-refractivity contribution in [2.75, 3.05) is 11.9 Å². The molecule has 0 unspecified atom stereocenters. The van der Waals surface area contributed by atoms with E-state index in [-0.39, 0.29) is 24.9 Å². The Labute approximate surface area is 194 Å². The summed E-state index contributed by atoms with van der Waals surface area (Å²) in [6, 6.07) is 13.9. The summed E-state index contributed by atoms with van der Waals surface area (Å²) in [7, 11) is 0. The van der Waals surface area contributed by atoms with E-state index < -0.39 is 0 Å². The Morgan fingerprint density at radius 2 is 1.62 bits per heavy atom. The fraction of sp³-hybridized carbons (Fsp3) is 0.100. The molecule has 0 aliphatic heterocycles. The molecule has 152 valence electrons. The third-order valence-corrected chi connectivity index (χ3v) is 5.23. The molecule has 4 nitrogen and oxygen atoms in total. The highest BCUT2D eigenvalue weighted by Gasteiger charge is 2.10. The van der Waals surface area contributed by atoms with Crippen LogP contribution in [0, 0.1) is 0 Å². The van der Waals surface area contributed by atoms with E-state index in [0.717, 1.165) is 5.56 Å². The highest BCUT2D eigenvalue weighted by molar-refractivity contribution is 6.42. The molecule has 0 fully saturated rings. The van der Waals surface area contributed by atoms with Gasteiger partial charge in [0, 0.05) is 17.7 Å². The Morgan fingerprint density at radius 3 is 2.31 bits per heavy atom. The van der Waals surface area contributed by atoms with Crippen molar-refractivity contribution in [3.05, 3.63) is 86.6 Å². The fourth-order valence-corrected chi connectivity index (χ4v) is 3.06. The van der Waals surface area contributed by atoms with Gasteiger partial charge in [0.2, 0.25) is 0 Å². The number of amides is 1. The van der Waals surface area contributed by atoms with Gasteiger partial charge in [0.25, 0.3) is 5.91 Å². The molecule has 1 amide bonds. The molecule has 1 N–H and O–H groups in total. The average molecular weight is 493 g/mol. The Kier molecular flexibility index (Phi) is 8.87. The number of pyridine rings is 1. The Hall–Kier alpha value is -1.69. The lowest BCUT2D eigenvalue weighted by Crippen LogP contribution is -3.00. The minimum absolute atomic E-state index is 0. The van der Waals surface area contributed by atoms with E-state index in [2.05, 4.69) is 5.32 Å². The summed E-state index contributed by atoms with van der Waals surface area (Å²) in [6.07, 6.45) is 3.71. The second-order valence-electron chi connectivity index (χ2n) is 5.93. The molecule has 1 heterocycles. The lowest BCUT2D eigenvalue weighted by atomic mass is 10.2. The summed E-state index contributed by atoms with van der Waals surface area (Å²) in [4.78, 5) is 12.2. The number of carbonyl (C=O) groups excluding carboxylic acids is 1. The van der Waals surface area contributed by atoms with Crippen LogP contribution in [0.3, 0.4) is 0 Å². The standard InChI is InChI=1S/C20H14Cl4N2O2.ClH/c21-16-5-3-13(8-18(16)23)10-26-7-1-2-14(11-26)25-20(27)12-28-15-4-6-17(22)19(24)9-15;/h1-9,11H,10,12H2;1H. The Balaban J connectivity index is 0.00000300. The van der Waals surface area contributed by atoms with Crippen LogP contribution in [-0.4, -0.2) is 12.5 Å². The summed E-state index contributed by atoms with van der Waals surface area (Å²) in [5, 5.41) is 4.60. The van der Waals surface area contributed by atoms with E-state index >= 15 is 0 Å². The van der Waals surface area contributed by atoms with Gasteiger partial charge < -0.3 is 22.5 Å². The number of hydrogen-bond donors (Lipinski definition) is 1. The number of hydrogen-bond acceptors (Lipinski definition) is 2. The van der Waals surface area contributed by atoms with Gasteiger partial charge in [-0.3, -0.25) is 4.79 Å². The van der Waals surface area contributed by atoms with Crippen molar-refractivity contribution in [1.29, 1.82) is 0 Å². The molecule has 0 aliphatic carbocycles. The molecule has 9 heteroatoms. The number of halogens is 5. The van der Waals surface area contributed by atoms with E-state index in [4.69, 9.17) is 51.1 Å². The molecule has 2 aromatic carbocycles. The molecule has 3 rings (SSSR count). The predicted molar refractivity (Wildman–Crippen MR) is 113 cm³/mol. The lowest BCUT2D eigenvalue weighted by Gasteiger charge is -2.08. The fourth-order valence-electron chi connectivity index (χ4n) is 2.46. The van der Waals surface area contributed by atoms with Gasteiger partial charge in [-0.1, -0.05) is 52.5 Å². The number of nitrogens with one attached hydrogen (secondary N) is 1. The summed E-state index contributed by atoms with van der Waals surface area (Å²) in [5.41, 5.74) is 1.64. The van der Waals surface area contributed by atoms with Gasteiger partial charge in [0.15, 0.2) is 25.5 Å². The maximum atomic E-state index is 12.2. The van der Waals surface area contributed by atoms with Gasteiger partial charge in [0.1, 0.15) is 11.4 Å². The highest BCUT2D eigenvalue weighted by atomic mass is 35.5. The van der Waals surface area contributed by atoms with Gasteiger partial charge in [-0.2, -0.15) is 4.57 Å². The van der Waals surface area contributed by atoms with Crippen molar-refractivity contribution in [2.24, 2.45) is 0 Å². The zero-order valence-corrected chi connectivity index (χ0v) is 18.6. The van der Waals surface area contributed by atoms with Crippen LogP contribution in [0.1, 0.15) is 5.56 Å². The van der Waals surface area contributed by atoms with Crippen LogP contribution in [0.2, 0.25) is 20.1 Å². The third-order valence-electron chi connectivity index (χ3n) is 3.75. The molecule has 29 heavy (non-hydrogen) atoms. The first-order valence-corrected chi connectivity index (χ1v) is 9.72. The number of ether oxygens (including phenoxy) is 1. The summed E-state index contributed by atoms with van der Waals surface area (Å²) in [6.45, 7) is 0.431. The summed E-state index contributed by atoms with van der Waals surface area (Å²) in [5.74, 6) is 0.172. The van der Waals surface area contributed by atoms with Crippen molar-refractivity contribution in [3.8, 4) is 5.75 Å². The van der Waals surface area contributed by atoms with Crippen LogP contribution in [0.4, 0.5) is 5.69 Å². The van der Waals surface area contributed by atoms with Crippen LogP contribution in [0.5, 0.6) is 5.75 Å². The van der Waals surface area contributed by atoms with Gasteiger partial charge in [-0.05, 0) is 30.3 Å². The molecule has 0 radical (unpaired) electrons. The summed E-state index contributed by atoms with van der Waals surface area (Å²) >= 11 is 23.8. The first-order valence-electron chi connectivity index (χ1n) is 8.21. The van der Waals surface area contributed by atoms with Crippen molar-refractivity contribution in [3.63, 3.8) is 0 Å². The van der Waals surface area contributed by atoms with Crippen molar-refractivity contribution >= 4 is 58.0 Å². The molecule has 0 spiro atoms. The second-order valence-corrected chi connectivity index (χ2v) is 7.55. The maximum absolute atomic E-state index is 12.2. The number of anilines is 1. The highest BCUT2D eigenvalue weighted by Crippen LogP contribution is 2.26. The minimum Gasteiger partial charge on any atom is -1.00 e. The summed E-state index contributed by atoms with van der Waals surface area (Å²) < 4.78 is 7.36. The SMILES string of the molecule is O=C(COc1ccc(Cl)c(Cl)c1)Nc1ccc[n+](Cc2ccc(Cl)c(Cl)c2)c1.[Cl-]. The van der Waals surface area contributed by atoms with Gasteiger partial charge >= 0.3 is 0 Å². The molecule has 1 aromatic heterocycles. The monoisotopic (exact) mass is 490 g/mol. The molecule has 0 atom stereocenters. The van der Waals surface area contributed by atoms with Crippen molar-refractivity contribution < 1.29 is 26.5 Å². The molecular weight excluding hydrogens is 477 g/mol. The van der Waals surface area contributed by atoms with E-state index in [0.29, 0.717) is 38.1 Å². The van der Waals surface area contributed by atoms with Gasteiger partial charge in [0.05, 0.1) is 20.1 Å². The zero-order chi connectivity index (χ0) is 20.1. The molecule has 3 aromatic rings. The topological polar surface area (TPSA) is 42.2 Å². The quantitative estimate of drug-likeness (QED) is 0.538. The third kappa shape index (κ3) is 6.95. The smallest absolute Gasteiger partial charge is 0.262 e. The van der Waals surface area contributed by atoms with Crippen molar-refractivity contribution in [1.82, 2.24) is 0 Å². The van der Waals surface area contributed by atoms with Crippen LogP contribution >= 0.6 is 46.4 Å². The number of carbonyl (C=O) groups is 1. The second kappa shape index (κ2) is 10.9. The first kappa shape index (κ1) is 23.6. The van der Waals surface area contributed by atoms with E-state index in [1.165, 1.54) is 0 Å². The lowest BCUT2D eigenvalue weighted by molar-refractivity contribution is -0.687. The van der Waals surface area contributed by atoms with Crippen molar-refractivity contribution in [2.45, 2.75) is 6.54 Å². The predicted octanol–water partition coefficient (Wildman–Crippen LogP) is 2.66. The molecule has 0 saturated heterocycles. The number of rotatable bonds is 6.